The molecule has 1 N–H and O–H groups in total. The van der Waals surface area contributed by atoms with E-state index in [-0.39, 0.29) is 11.8 Å². The number of nitrogens with one attached hydrogen (secondary N) is 1. The number of carbonyl (C=O) groups is 1. The van der Waals surface area contributed by atoms with Crippen molar-refractivity contribution in [2.45, 2.75) is 6.54 Å². The molecule has 0 atom stereocenters. The molecule has 1 aromatic heterocycles. The Bertz CT molecular complexity index is 494. The van der Waals surface area contributed by atoms with E-state index < -0.39 is 0 Å². The quantitative estimate of drug-likeness (QED) is 0.847. The van der Waals surface area contributed by atoms with Gasteiger partial charge in [-0.05, 0) is 23.8 Å². The predicted molar refractivity (Wildman–Crippen MR) is 66.7 cm³/mol. The lowest BCUT2D eigenvalue weighted by molar-refractivity contribution is -0.118. The molecule has 17 heavy (non-hydrogen) atoms. The van der Waals surface area contributed by atoms with E-state index in [1.54, 1.807) is 6.26 Å². The Labute approximate surface area is 104 Å². The van der Waals surface area contributed by atoms with Gasteiger partial charge in [0.15, 0.2) is 0 Å². The van der Waals surface area contributed by atoms with Crippen LogP contribution in [0.5, 0.6) is 0 Å². The number of amides is 1. The zero-order chi connectivity index (χ0) is 12.1. The van der Waals surface area contributed by atoms with E-state index in [0.717, 1.165) is 16.9 Å². The molecule has 2 rings (SSSR count). The molecule has 4 heteroatoms. The maximum Gasteiger partial charge on any atom is 0.235 e. The zero-order valence-corrected chi connectivity index (χ0v) is 9.91. The Hall–Kier alpha value is -1.74. The van der Waals surface area contributed by atoms with Gasteiger partial charge in [-0.15, -0.1) is 11.6 Å². The van der Waals surface area contributed by atoms with Crippen molar-refractivity contribution in [3.05, 3.63) is 48.2 Å². The van der Waals surface area contributed by atoms with Gasteiger partial charge in [-0.25, -0.2) is 0 Å². The lowest BCUT2D eigenvalue weighted by Gasteiger charge is -2.04. The minimum Gasteiger partial charge on any atom is -0.464 e. The molecule has 0 aliphatic carbocycles. The second-order valence-electron chi connectivity index (χ2n) is 3.59. The van der Waals surface area contributed by atoms with E-state index in [4.69, 9.17) is 16.0 Å². The molecule has 0 radical (unpaired) electrons. The summed E-state index contributed by atoms with van der Waals surface area (Å²) in [5, 5.41) is 2.72. The van der Waals surface area contributed by atoms with Gasteiger partial charge in [0.1, 0.15) is 11.6 Å². The number of furan rings is 1. The van der Waals surface area contributed by atoms with Gasteiger partial charge in [0.2, 0.25) is 5.91 Å². The van der Waals surface area contributed by atoms with E-state index >= 15 is 0 Å². The third kappa shape index (κ3) is 3.11. The molecule has 1 heterocycles. The van der Waals surface area contributed by atoms with Crippen LogP contribution in [0.4, 0.5) is 0 Å². The number of hydrogen-bond donors (Lipinski definition) is 1. The molecule has 0 fully saturated rings. The van der Waals surface area contributed by atoms with Crippen molar-refractivity contribution in [3.8, 4) is 11.3 Å². The molecule has 0 unspecified atom stereocenters. The van der Waals surface area contributed by atoms with Crippen LogP contribution in [0.1, 0.15) is 5.56 Å². The standard InChI is InChI=1S/C13H12ClNO2/c14-8-13(16)15-9-10-3-1-4-11(7-10)12-5-2-6-17-12/h1-7H,8-9H2,(H,15,16). The molecule has 2 aromatic rings. The summed E-state index contributed by atoms with van der Waals surface area (Å²) in [6.45, 7) is 0.472. The number of rotatable bonds is 4. The second-order valence-corrected chi connectivity index (χ2v) is 3.86. The summed E-state index contributed by atoms with van der Waals surface area (Å²) >= 11 is 5.40. The van der Waals surface area contributed by atoms with Gasteiger partial charge >= 0.3 is 0 Å². The molecule has 0 saturated heterocycles. The zero-order valence-electron chi connectivity index (χ0n) is 9.15. The Kier molecular flexibility index (Phi) is 3.83. The van der Waals surface area contributed by atoms with Crippen molar-refractivity contribution in [1.82, 2.24) is 5.32 Å². The predicted octanol–water partition coefficient (Wildman–Crippen LogP) is 2.80. The highest BCUT2D eigenvalue weighted by atomic mass is 35.5. The van der Waals surface area contributed by atoms with Gasteiger partial charge in [-0.2, -0.15) is 0 Å². The highest BCUT2D eigenvalue weighted by Gasteiger charge is 2.03. The fourth-order valence-electron chi connectivity index (χ4n) is 1.53. The Morgan fingerprint density at radius 1 is 1.29 bits per heavy atom. The van der Waals surface area contributed by atoms with Crippen molar-refractivity contribution in [2.24, 2.45) is 0 Å². The first kappa shape index (κ1) is 11.7. The molecule has 0 aliphatic heterocycles. The number of halogens is 1. The lowest BCUT2D eigenvalue weighted by Crippen LogP contribution is -2.23. The number of benzene rings is 1. The fourth-order valence-corrected chi connectivity index (χ4v) is 1.62. The third-order valence-corrected chi connectivity index (χ3v) is 2.59. The molecule has 1 amide bonds. The monoisotopic (exact) mass is 249 g/mol. The van der Waals surface area contributed by atoms with Gasteiger partial charge in [-0.3, -0.25) is 4.79 Å². The Balaban J connectivity index is 2.09. The topological polar surface area (TPSA) is 42.2 Å². The Morgan fingerprint density at radius 3 is 2.88 bits per heavy atom. The third-order valence-electron chi connectivity index (χ3n) is 2.34. The van der Waals surface area contributed by atoms with Crippen molar-refractivity contribution in [1.29, 1.82) is 0 Å². The number of alkyl halides is 1. The fraction of sp³-hybridized carbons (Fsp3) is 0.154. The SMILES string of the molecule is O=C(CCl)NCc1cccc(-c2ccco2)c1. The minimum atomic E-state index is -0.171. The van der Waals surface area contributed by atoms with Crippen LogP contribution in [0, 0.1) is 0 Å². The first-order valence-electron chi connectivity index (χ1n) is 5.25. The van der Waals surface area contributed by atoms with Crippen molar-refractivity contribution < 1.29 is 9.21 Å². The summed E-state index contributed by atoms with van der Waals surface area (Å²) in [7, 11) is 0. The van der Waals surface area contributed by atoms with Gasteiger partial charge in [0.25, 0.3) is 0 Å². The van der Waals surface area contributed by atoms with Crippen molar-refractivity contribution in [2.75, 3.05) is 5.88 Å². The average molecular weight is 250 g/mol. The second kappa shape index (κ2) is 5.55. The lowest BCUT2D eigenvalue weighted by atomic mass is 10.1. The van der Waals surface area contributed by atoms with Crippen LogP contribution in [0.15, 0.2) is 47.1 Å². The van der Waals surface area contributed by atoms with Gasteiger partial charge < -0.3 is 9.73 Å². The molecule has 0 spiro atoms. The number of hydrogen-bond acceptors (Lipinski definition) is 2. The van der Waals surface area contributed by atoms with Crippen molar-refractivity contribution in [3.63, 3.8) is 0 Å². The van der Waals surface area contributed by atoms with Crippen LogP contribution in [0.25, 0.3) is 11.3 Å². The van der Waals surface area contributed by atoms with Crippen LogP contribution in [-0.2, 0) is 11.3 Å². The maximum absolute atomic E-state index is 11.0. The van der Waals surface area contributed by atoms with E-state index in [1.165, 1.54) is 0 Å². The van der Waals surface area contributed by atoms with Crippen LogP contribution in [0.3, 0.4) is 0 Å². The molecule has 0 saturated carbocycles. The summed E-state index contributed by atoms with van der Waals surface area (Å²) < 4.78 is 5.31. The van der Waals surface area contributed by atoms with Crippen LogP contribution in [0.2, 0.25) is 0 Å². The molecule has 0 bridgehead atoms. The molecular weight excluding hydrogens is 238 g/mol. The summed E-state index contributed by atoms with van der Waals surface area (Å²) in [6, 6.07) is 11.6. The summed E-state index contributed by atoms with van der Waals surface area (Å²) in [6.07, 6.45) is 1.64. The maximum atomic E-state index is 11.0. The van der Waals surface area contributed by atoms with Gasteiger partial charge in [0, 0.05) is 12.1 Å². The van der Waals surface area contributed by atoms with Gasteiger partial charge in [0.05, 0.1) is 6.26 Å². The van der Waals surface area contributed by atoms with Crippen LogP contribution >= 0.6 is 11.6 Å². The summed E-state index contributed by atoms with van der Waals surface area (Å²) in [5.41, 5.74) is 2.00. The average Bonchev–Trinajstić information content (AvgIpc) is 2.90. The first-order chi connectivity index (χ1) is 8.29. The van der Waals surface area contributed by atoms with Gasteiger partial charge in [-0.1, -0.05) is 18.2 Å². The summed E-state index contributed by atoms with van der Waals surface area (Å²) in [5.74, 6) is 0.628. The smallest absolute Gasteiger partial charge is 0.235 e. The van der Waals surface area contributed by atoms with E-state index in [0.29, 0.717) is 6.54 Å². The van der Waals surface area contributed by atoms with E-state index in [9.17, 15) is 4.79 Å². The Morgan fingerprint density at radius 2 is 2.18 bits per heavy atom. The first-order valence-corrected chi connectivity index (χ1v) is 5.78. The van der Waals surface area contributed by atoms with Crippen LogP contribution < -0.4 is 5.32 Å². The van der Waals surface area contributed by atoms with E-state index in [2.05, 4.69) is 5.32 Å². The minimum absolute atomic E-state index is 0.0160. The normalized spacial score (nSPS) is 10.2. The number of carbonyl (C=O) groups excluding carboxylic acids is 1. The highest BCUT2D eigenvalue weighted by molar-refractivity contribution is 6.27. The largest absolute Gasteiger partial charge is 0.464 e. The van der Waals surface area contributed by atoms with Crippen LogP contribution in [-0.4, -0.2) is 11.8 Å². The molecule has 0 aliphatic rings. The van der Waals surface area contributed by atoms with Crippen molar-refractivity contribution >= 4 is 17.5 Å². The molecule has 3 nitrogen and oxygen atoms in total. The van der Waals surface area contributed by atoms with E-state index in [1.807, 2.05) is 36.4 Å². The molecular formula is C13H12ClNO2. The molecule has 88 valence electrons. The highest BCUT2D eigenvalue weighted by Crippen LogP contribution is 2.20. The molecule has 1 aromatic carbocycles. The summed E-state index contributed by atoms with van der Waals surface area (Å²) in [4.78, 5) is 11.0.